The molecular weight excluding hydrogens is 271 g/mol. The summed E-state index contributed by atoms with van der Waals surface area (Å²) in [5.41, 5.74) is 1.46. The van der Waals surface area contributed by atoms with Crippen LogP contribution in [0.1, 0.15) is 31.2 Å². The Morgan fingerprint density at radius 1 is 1.00 bits per heavy atom. The minimum Gasteiger partial charge on any atom is -0.0580 e. The van der Waals surface area contributed by atoms with Gasteiger partial charge < -0.3 is 0 Å². The van der Waals surface area contributed by atoms with Gasteiger partial charge in [-0.1, -0.05) is 38.3 Å². The van der Waals surface area contributed by atoms with Crippen molar-refractivity contribution in [2.24, 2.45) is 0 Å². The smallest absolute Gasteiger partial charge is 0.0130 e. The lowest BCUT2D eigenvalue weighted by Gasteiger charge is -2.00. The van der Waals surface area contributed by atoms with E-state index in [1.54, 1.807) is 0 Å². The molecular formula is C12H16I. The second-order valence-electron chi connectivity index (χ2n) is 3.29. The molecule has 0 nitrogen and oxygen atoms in total. The molecule has 0 aliphatic rings. The molecule has 0 aliphatic carbocycles. The van der Waals surface area contributed by atoms with Crippen molar-refractivity contribution in [2.45, 2.75) is 32.1 Å². The van der Waals surface area contributed by atoms with Crippen molar-refractivity contribution >= 4 is 22.6 Å². The average molecular weight is 287 g/mol. The van der Waals surface area contributed by atoms with Crippen LogP contribution in [0.25, 0.3) is 0 Å². The molecule has 1 rings (SSSR count). The first kappa shape index (κ1) is 11.0. The maximum Gasteiger partial charge on any atom is 0.0130 e. The standard InChI is InChI=1S/C12H16I/c1-2-3-4-5-6-11-7-9-12(13)10-8-11/h7-10H,1-6H2. The zero-order chi connectivity index (χ0) is 9.52. The molecule has 0 heterocycles. The molecule has 0 atom stereocenters. The van der Waals surface area contributed by atoms with E-state index in [0.717, 1.165) is 6.42 Å². The molecule has 1 radical (unpaired) electrons. The van der Waals surface area contributed by atoms with Gasteiger partial charge in [-0.3, -0.25) is 0 Å². The molecule has 0 saturated heterocycles. The van der Waals surface area contributed by atoms with E-state index in [1.807, 2.05) is 0 Å². The molecule has 0 spiro atoms. The van der Waals surface area contributed by atoms with E-state index < -0.39 is 0 Å². The van der Waals surface area contributed by atoms with Crippen LogP contribution in [0, 0.1) is 10.5 Å². The summed E-state index contributed by atoms with van der Waals surface area (Å²) in [5, 5.41) is 0. The van der Waals surface area contributed by atoms with Crippen LogP contribution in [0.2, 0.25) is 0 Å². The van der Waals surface area contributed by atoms with Gasteiger partial charge in [0.2, 0.25) is 0 Å². The van der Waals surface area contributed by atoms with E-state index in [0.29, 0.717) is 0 Å². The zero-order valence-corrected chi connectivity index (χ0v) is 10.1. The summed E-state index contributed by atoms with van der Waals surface area (Å²) in [7, 11) is 0. The summed E-state index contributed by atoms with van der Waals surface area (Å²) >= 11 is 2.34. The van der Waals surface area contributed by atoms with E-state index in [4.69, 9.17) is 0 Å². The van der Waals surface area contributed by atoms with E-state index in [1.165, 1.54) is 34.8 Å². The highest BCUT2D eigenvalue weighted by atomic mass is 127. The predicted molar refractivity (Wildman–Crippen MR) is 66.7 cm³/mol. The van der Waals surface area contributed by atoms with Crippen molar-refractivity contribution in [1.82, 2.24) is 0 Å². The number of unbranched alkanes of at least 4 members (excludes halogenated alkanes) is 3. The molecule has 13 heavy (non-hydrogen) atoms. The van der Waals surface area contributed by atoms with Crippen LogP contribution in [0.5, 0.6) is 0 Å². The van der Waals surface area contributed by atoms with Crippen molar-refractivity contribution < 1.29 is 0 Å². The van der Waals surface area contributed by atoms with Crippen molar-refractivity contribution in [3.8, 4) is 0 Å². The SMILES string of the molecule is [CH2]CCCCCc1ccc(I)cc1. The highest BCUT2D eigenvalue weighted by Crippen LogP contribution is 2.10. The number of benzene rings is 1. The third-order valence-electron chi connectivity index (χ3n) is 2.13. The first-order valence-corrected chi connectivity index (χ1v) is 5.94. The fourth-order valence-electron chi connectivity index (χ4n) is 1.33. The molecule has 1 aromatic carbocycles. The Balaban J connectivity index is 2.25. The van der Waals surface area contributed by atoms with E-state index >= 15 is 0 Å². The summed E-state index contributed by atoms with van der Waals surface area (Å²) in [6.45, 7) is 3.84. The summed E-state index contributed by atoms with van der Waals surface area (Å²) < 4.78 is 1.32. The van der Waals surface area contributed by atoms with Crippen molar-refractivity contribution in [1.29, 1.82) is 0 Å². The second kappa shape index (κ2) is 6.41. The number of hydrogen-bond acceptors (Lipinski definition) is 0. The quantitative estimate of drug-likeness (QED) is 0.561. The molecule has 0 N–H and O–H groups in total. The molecule has 1 heteroatoms. The van der Waals surface area contributed by atoms with Gasteiger partial charge in [0, 0.05) is 3.57 Å². The Kier molecular flexibility index (Phi) is 5.44. The van der Waals surface area contributed by atoms with Crippen LogP contribution in [-0.2, 0) is 6.42 Å². The van der Waals surface area contributed by atoms with Gasteiger partial charge in [0.1, 0.15) is 0 Å². The van der Waals surface area contributed by atoms with Crippen molar-refractivity contribution in [3.63, 3.8) is 0 Å². The number of halogens is 1. The Labute approximate surface area is 94.9 Å². The molecule has 1 aromatic rings. The van der Waals surface area contributed by atoms with Crippen molar-refractivity contribution in [3.05, 3.63) is 40.3 Å². The van der Waals surface area contributed by atoms with E-state index in [-0.39, 0.29) is 0 Å². The zero-order valence-electron chi connectivity index (χ0n) is 7.93. The minimum absolute atomic E-state index is 1.08. The molecule has 0 aliphatic heterocycles. The van der Waals surface area contributed by atoms with E-state index in [9.17, 15) is 0 Å². The molecule has 0 aromatic heterocycles. The molecule has 0 unspecified atom stereocenters. The van der Waals surface area contributed by atoms with Crippen LogP contribution in [0.15, 0.2) is 24.3 Å². The maximum absolute atomic E-state index is 3.84. The lowest BCUT2D eigenvalue weighted by atomic mass is 10.1. The summed E-state index contributed by atoms with van der Waals surface area (Å²) in [5.74, 6) is 0. The van der Waals surface area contributed by atoms with Gasteiger partial charge in [-0.05, 0) is 53.1 Å². The molecule has 0 fully saturated rings. The van der Waals surface area contributed by atoms with Gasteiger partial charge >= 0.3 is 0 Å². The highest BCUT2D eigenvalue weighted by Gasteiger charge is 1.92. The normalized spacial score (nSPS) is 10.3. The largest absolute Gasteiger partial charge is 0.0580 e. The van der Waals surface area contributed by atoms with Crippen LogP contribution >= 0.6 is 22.6 Å². The van der Waals surface area contributed by atoms with Crippen LogP contribution in [-0.4, -0.2) is 0 Å². The van der Waals surface area contributed by atoms with Crippen LogP contribution in [0.3, 0.4) is 0 Å². The number of rotatable bonds is 5. The van der Waals surface area contributed by atoms with E-state index in [2.05, 4.69) is 53.8 Å². The summed E-state index contributed by atoms with van der Waals surface area (Å²) in [6, 6.07) is 8.81. The van der Waals surface area contributed by atoms with Crippen LogP contribution < -0.4 is 0 Å². The van der Waals surface area contributed by atoms with Gasteiger partial charge in [0.15, 0.2) is 0 Å². The monoisotopic (exact) mass is 287 g/mol. The Bertz CT molecular complexity index is 225. The Morgan fingerprint density at radius 2 is 1.69 bits per heavy atom. The third-order valence-corrected chi connectivity index (χ3v) is 2.85. The minimum atomic E-state index is 1.08. The van der Waals surface area contributed by atoms with Crippen LogP contribution in [0.4, 0.5) is 0 Å². The first-order valence-electron chi connectivity index (χ1n) is 4.86. The summed E-state index contributed by atoms with van der Waals surface area (Å²) in [4.78, 5) is 0. The molecule has 71 valence electrons. The fourth-order valence-corrected chi connectivity index (χ4v) is 1.69. The predicted octanol–water partition coefficient (Wildman–Crippen LogP) is 4.23. The molecule has 0 bridgehead atoms. The first-order chi connectivity index (χ1) is 6.33. The molecule has 0 saturated carbocycles. The fraction of sp³-hybridized carbons (Fsp3) is 0.417. The lowest BCUT2D eigenvalue weighted by molar-refractivity contribution is 0.686. The van der Waals surface area contributed by atoms with Gasteiger partial charge in [0.25, 0.3) is 0 Å². The van der Waals surface area contributed by atoms with Gasteiger partial charge in [-0.2, -0.15) is 0 Å². The second-order valence-corrected chi connectivity index (χ2v) is 4.54. The van der Waals surface area contributed by atoms with Gasteiger partial charge in [-0.25, -0.2) is 0 Å². The third kappa shape index (κ3) is 4.65. The average Bonchev–Trinajstić information content (AvgIpc) is 2.15. The highest BCUT2D eigenvalue weighted by molar-refractivity contribution is 14.1. The van der Waals surface area contributed by atoms with Crippen molar-refractivity contribution in [2.75, 3.05) is 0 Å². The maximum atomic E-state index is 3.84. The van der Waals surface area contributed by atoms with Gasteiger partial charge in [0.05, 0.1) is 0 Å². The Morgan fingerprint density at radius 3 is 2.31 bits per heavy atom. The number of aryl methyl sites for hydroxylation is 1. The Hall–Kier alpha value is -0.0500. The topological polar surface area (TPSA) is 0 Å². The summed E-state index contributed by atoms with van der Waals surface area (Å²) in [6.07, 6.45) is 6.18. The van der Waals surface area contributed by atoms with Gasteiger partial charge in [-0.15, -0.1) is 0 Å². The number of hydrogen-bond donors (Lipinski definition) is 0. The lowest BCUT2D eigenvalue weighted by Crippen LogP contribution is -1.85. The molecule has 0 amide bonds.